The van der Waals surface area contributed by atoms with Crippen molar-refractivity contribution in [3.8, 4) is 0 Å². The number of rotatable bonds is 5. The highest BCUT2D eigenvalue weighted by Crippen LogP contribution is 2.25. The molecule has 0 radical (unpaired) electrons. The van der Waals surface area contributed by atoms with Crippen molar-refractivity contribution in [3.05, 3.63) is 33.8 Å². The van der Waals surface area contributed by atoms with Crippen LogP contribution in [0.4, 0.5) is 0 Å². The first-order valence-corrected chi connectivity index (χ1v) is 8.36. The van der Waals surface area contributed by atoms with Crippen molar-refractivity contribution in [3.63, 3.8) is 0 Å². The van der Waals surface area contributed by atoms with E-state index in [9.17, 15) is 0 Å². The van der Waals surface area contributed by atoms with Gasteiger partial charge in [-0.1, -0.05) is 23.2 Å². The maximum Gasteiger partial charge on any atom is 0.0452 e. The van der Waals surface area contributed by atoms with E-state index < -0.39 is 0 Å². The van der Waals surface area contributed by atoms with Crippen molar-refractivity contribution in [2.45, 2.75) is 38.3 Å². The summed E-state index contributed by atoms with van der Waals surface area (Å²) in [4.78, 5) is 2.49. The zero-order valence-electron chi connectivity index (χ0n) is 11.7. The van der Waals surface area contributed by atoms with Gasteiger partial charge in [-0.15, -0.1) is 0 Å². The zero-order chi connectivity index (χ0) is 13.9. The number of piperidine rings is 1. The van der Waals surface area contributed by atoms with Gasteiger partial charge in [-0.25, -0.2) is 0 Å². The van der Waals surface area contributed by atoms with Gasteiger partial charge in [0.15, 0.2) is 0 Å². The maximum atomic E-state index is 6.24. The summed E-state index contributed by atoms with van der Waals surface area (Å²) in [6.45, 7) is 4.46. The molecule has 1 aliphatic carbocycles. The lowest BCUT2D eigenvalue weighted by Gasteiger charge is -2.32. The second kappa shape index (κ2) is 6.65. The molecule has 1 heterocycles. The van der Waals surface area contributed by atoms with Gasteiger partial charge in [-0.3, -0.25) is 4.90 Å². The first-order valence-electron chi connectivity index (χ1n) is 7.60. The molecule has 0 spiro atoms. The summed E-state index contributed by atoms with van der Waals surface area (Å²) >= 11 is 12.3. The molecule has 0 aromatic heterocycles. The second-order valence-corrected chi connectivity index (χ2v) is 6.98. The third-order valence-corrected chi connectivity index (χ3v) is 4.99. The van der Waals surface area contributed by atoms with Gasteiger partial charge in [0.2, 0.25) is 0 Å². The summed E-state index contributed by atoms with van der Waals surface area (Å²) in [6, 6.07) is 6.57. The fourth-order valence-electron chi connectivity index (χ4n) is 2.87. The van der Waals surface area contributed by atoms with Gasteiger partial charge in [0.25, 0.3) is 0 Å². The molecule has 4 heteroatoms. The van der Waals surface area contributed by atoms with E-state index in [1.54, 1.807) is 0 Å². The van der Waals surface area contributed by atoms with E-state index in [1.807, 2.05) is 18.2 Å². The first-order chi connectivity index (χ1) is 9.70. The average Bonchev–Trinajstić information content (AvgIpc) is 3.26. The Labute approximate surface area is 131 Å². The summed E-state index contributed by atoms with van der Waals surface area (Å²) in [5.41, 5.74) is 1.15. The van der Waals surface area contributed by atoms with Crippen LogP contribution in [-0.2, 0) is 6.54 Å². The van der Waals surface area contributed by atoms with Crippen LogP contribution in [0.25, 0.3) is 0 Å². The standard InChI is InChI=1S/C16H22Cl2N2/c17-14-1-4-16(18)13(9-14)11-20-7-5-12(6-8-20)10-19-15-2-3-15/h1,4,9,12,15,19H,2-3,5-8,10-11H2. The van der Waals surface area contributed by atoms with Crippen LogP contribution < -0.4 is 5.32 Å². The second-order valence-electron chi connectivity index (χ2n) is 6.14. The van der Waals surface area contributed by atoms with Crippen molar-refractivity contribution in [1.29, 1.82) is 0 Å². The molecule has 1 aromatic rings. The monoisotopic (exact) mass is 312 g/mol. The maximum absolute atomic E-state index is 6.24. The zero-order valence-corrected chi connectivity index (χ0v) is 13.3. The predicted molar refractivity (Wildman–Crippen MR) is 85.5 cm³/mol. The van der Waals surface area contributed by atoms with Gasteiger partial charge >= 0.3 is 0 Å². The van der Waals surface area contributed by atoms with Crippen molar-refractivity contribution in [2.75, 3.05) is 19.6 Å². The Kier molecular flexibility index (Phi) is 4.87. The summed E-state index contributed by atoms with van der Waals surface area (Å²) in [5.74, 6) is 0.849. The smallest absolute Gasteiger partial charge is 0.0452 e. The molecule has 1 saturated carbocycles. The van der Waals surface area contributed by atoms with Crippen molar-refractivity contribution >= 4 is 23.2 Å². The number of benzene rings is 1. The molecule has 1 aromatic carbocycles. The van der Waals surface area contributed by atoms with Crippen LogP contribution in [0, 0.1) is 5.92 Å². The Hall–Kier alpha value is -0.280. The lowest BCUT2D eigenvalue weighted by atomic mass is 9.96. The minimum atomic E-state index is 0.771. The number of likely N-dealkylation sites (tertiary alicyclic amines) is 1. The van der Waals surface area contributed by atoms with E-state index in [4.69, 9.17) is 23.2 Å². The van der Waals surface area contributed by atoms with E-state index in [2.05, 4.69) is 10.2 Å². The van der Waals surface area contributed by atoms with Crippen LogP contribution in [0.2, 0.25) is 10.0 Å². The molecule has 1 N–H and O–H groups in total. The fraction of sp³-hybridized carbons (Fsp3) is 0.625. The SMILES string of the molecule is Clc1ccc(Cl)c(CN2CCC(CNC3CC3)CC2)c1. The van der Waals surface area contributed by atoms with Gasteiger partial charge in [0.05, 0.1) is 0 Å². The molecule has 0 unspecified atom stereocenters. The summed E-state index contributed by atoms with van der Waals surface area (Å²) in [5, 5.41) is 5.25. The number of nitrogens with zero attached hydrogens (tertiary/aromatic N) is 1. The number of halogens is 2. The van der Waals surface area contributed by atoms with Crippen LogP contribution in [0.5, 0.6) is 0 Å². The normalized spacial score (nSPS) is 21.3. The van der Waals surface area contributed by atoms with Gasteiger partial charge in [-0.2, -0.15) is 0 Å². The molecule has 2 aliphatic rings. The Morgan fingerprint density at radius 3 is 2.55 bits per heavy atom. The van der Waals surface area contributed by atoms with E-state index >= 15 is 0 Å². The minimum Gasteiger partial charge on any atom is -0.314 e. The van der Waals surface area contributed by atoms with Crippen LogP contribution in [-0.4, -0.2) is 30.6 Å². The number of hydrogen-bond donors (Lipinski definition) is 1. The lowest BCUT2D eigenvalue weighted by molar-refractivity contribution is 0.175. The Balaban J connectivity index is 1.46. The predicted octanol–water partition coefficient (Wildman–Crippen LogP) is 3.96. The highest BCUT2D eigenvalue weighted by molar-refractivity contribution is 6.33. The van der Waals surface area contributed by atoms with Crippen molar-refractivity contribution in [2.24, 2.45) is 5.92 Å². The van der Waals surface area contributed by atoms with Crippen LogP contribution in [0.3, 0.4) is 0 Å². The summed E-state index contributed by atoms with van der Waals surface area (Å²) < 4.78 is 0. The third kappa shape index (κ3) is 4.11. The van der Waals surface area contributed by atoms with Crippen LogP contribution >= 0.6 is 23.2 Å². The van der Waals surface area contributed by atoms with Gasteiger partial charge < -0.3 is 5.32 Å². The molecule has 110 valence electrons. The van der Waals surface area contributed by atoms with E-state index in [0.717, 1.165) is 34.1 Å². The molecule has 2 nitrogen and oxygen atoms in total. The Morgan fingerprint density at radius 1 is 1.10 bits per heavy atom. The van der Waals surface area contributed by atoms with Crippen molar-refractivity contribution in [1.82, 2.24) is 10.2 Å². The molecule has 1 saturated heterocycles. The van der Waals surface area contributed by atoms with Crippen LogP contribution in [0.15, 0.2) is 18.2 Å². The van der Waals surface area contributed by atoms with Crippen molar-refractivity contribution < 1.29 is 0 Å². The topological polar surface area (TPSA) is 15.3 Å². The molecular formula is C16H22Cl2N2. The van der Waals surface area contributed by atoms with Gasteiger partial charge in [0.1, 0.15) is 0 Å². The minimum absolute atomic E-state index is 0.771. The molecule has 1 aliphatic heterocycles. The lowest BCUT2D eigenvalue weighted by Crippen LogP contribution is -2.37. The molecule has 0 atom stereocenters. The summed E-state index contributed by atoms with van der Waals surface area (Å²) in [7, 11) is 0. The van der Waals surface area contributed by atoms with Crippen LogP contribution in [0.1, 0.15) is 31.2 Å². The Bertz CT molecular complexity index is 452. The van der Waals surface area contributed by atoms with E-state index in [0.29, 0.717) is 0 Å². The van der Waals surface area contributed by atoms with E-state index in [-0.39, 0.29) is 0 Å². The molecule has 3 rings (SSSR count). The third-order valence-electron chi connectivity index (χ3n) is 4.38. The average molecular weight is 313 g/mol. The molecular weight excluding hydrogens is 291 g/mol. The largest absolute Gasteiger partial charge is 0.314 e. The summed E-state index contributed by atoms with van der Waals surface area (Å²) in [6.07, 6.45) is 5.34. The highest BCUT2D eigenvalue weighted by atomic mass is 35.5. The number of nitrogens with one attached hydrogen (secondary N) is 1. The Morgan fingerprint density at radius 2 is 1.85 bits per heavy atom. The quantitative estimate of drug-likeness (QED) is 0.885. The molecule has 2 fully saturated rings. The highest BCUT2D eigenvalue weighted by Gasteiger charge is 2.24. The fourth-order valence-corrected chi connectivity index (χ4v) is 3.25. The first kappa shape index (κ1) is 14.6. The van der Waals surface area contributed by atoms with Gasteiger partial charge in [0, 0.05) is 22.6 Å². The van der Waals surface area contributed by atoms with Gasteiger partial charge in [-0.05, 0) is 75.0 Å². The molecule has 0 amide bonds. The molecule has 0 bridgehead atoms. The molecule has 20 heavy (non-hydrogen) atoms. The number of hydrogen-bond acceptors (Lipinski definition) is 2. The van der Waals surface area contributed by atoms with E-state index in [1.165, 1.54) is 45.3 Å².